The molecule has 6 heteroatoms. The summed E-state index contributed by atoms with van der Waals surface area (Å²) in [4.78, 5) is 20.0. The van der Waals surface area contributed by atoms with Crippen molar-refractivity contribution >= 4 is 17.2 Å². The van der Waals surface area contributed by atoms with Crippen LogP contribution in [0.4, 0.5) is 0 Å². The van der Waals surface area contributed by atoms with Crippen LogP contribution in [0, 0.1) is 11.8 Å². The molecule has 1 aromatic heterocycles. The summed E-state index contributed by atoms with van der Waals surface area (Å²) in [5.74, 6) is 1.74. The molecular formula is C23H31N3O2S. The van der Waals surface area contributed by atoms with Crippen LogP contribution in [0.25, 0.3) is 0 Å². The number of hydrogen-bond donors (Lipinski definition) is 1. The molecule has 1 saturated carbocycles. The predicted molar refractivity (Wildman–Crippen MR) is 116 cm³/mol. The van der Waals surface area contributed by atoms with E-state index in [2.05, 4.69) is 27.3 Å². The van der Waals surface area contributed by atoms with E-state index < -0.39 is 0 Å². The van der Waals surface area contributed by atoms with Gasteiger partial charge in [0.1, 0.15) is 10.8 Å². The van der Waals surface area contributed by atoms with Crippen molar-refractivity contribution in [1.82, 2.24) is 15.2 Å². The van der Waals surface area contributed by atoms with Crippen LogP contribution in [-0.2, 0) is 11.3 Å². The molecule has 2 atom stereocenters. The van der Waals surface area contributed by atoms with E-state index in [1.807, 2.05) is 23.7 Å². The second-order valence-corrected chi connectivity index (χ2v) is 9.21. The van der Waals surface area contributed by atoms with Gasteiger partial charge in [0, 0.05) is 36.1 Å². The van der Waals surface area contributed by atoms with Crippen molar-refractivity contribution in [1.29, 1.82) is 0 Å². The number of amides is 1. The molecule has 2 fully saturated rings. The summed E-state index contributed by atoms with van der Waals surface area (Å²) in [5.41, 5.74) is 1.22. The quantitative estimate of drug-likeness (QED) is 0.730. The van der Waals surface area contributed by atoms with E-state index in [9.17, 15) is 4.79 Å². The molecule has 156 valence electrons. The van der Waals surface area contributed by atoms with E-state index in [1.54, 1.807) is 18.4 Å². The monoisotopic (exact) mass is 413 g/mol. The lowest BCUT2D eigenvalue weighted by Crippen LogP contribution is -2.43. The average molecular weight is 414 g/mol. The van der Waals surface area contributed by atoms with Gasteiger partial charge in [-0.2, -0.15) is 0 Å². The Morgan fingerprint density at radius 1 is 1.28 bits per heavy atom. The van der Waals surface area contributed by atoms with Crippen molar-refractivity contribution in [3.8, 4) is 5.75 Å². The van der Waals surface area contributed by atoms with E-state index in [-0.39, 0.29) is 17.9 Å². The Labute approximate surface area is 177 Å². The highest BCUT2D eigenvalue weighted by Gasteiger charge is 2.33. The molecule has 0 spiro atoms. The van der Waals surface area contributed by atoms with Gasteiger partial charge < -0.3 is 10.1 Å². The highest BCUT2D eigenvalue weighted by molar-refractivity contribution is 7.09. The minimum Gasteiger partial charge on any atom is -0.496 e. The molecule has 1 aliphatic heterocycles. The maximum absolute atomic E-state index is 12.9. The minimum atomic E-state index is 0.0172. The third kappa shape index (κ3) is 4.98. The average Bonchev–Trinajstić information content (AvgIpc) is 3.47. The summed E-state index contributed by atoms with van der Waals surface area (Å²) in [6, 6.07) is 8.26. The van der Waals surface area contributed by atoms with Gasteiger partial charge in [-0.15, -0.1) is 11.3 Å². The molecule has 1 N–H and O–H groups in total. The maximum atomic E-state index is 12.9. The highest BCUT2D eigenvalue weighted by atomic mass is 32.1. The number of rotatable bonds is 7. The zero-order valence-electron chi connectivity index (χ0n) is 17.2. The molecule has 1 saturated heterocycles. The lowest BCUT2D eigenvalue weighted by molar-refractivity contribution is -0.126. The first-order valence-corrected chi connectivity index (χ1v) is 11.7. The Kier molecular flexibility index (Phi) is 6.82. The van der Waals surface area contributed by atoms with Crippen molar-refractivity contribution in [3.63, 3.8) is 0 Å². The van der Waals surface area contributed by atoms with Crippen molar-refractivity contribution in [2.24, 2.45) is 11.8 Å². The van der Waals surface area contributed by atoms with E-state index in [4.69, 9.17) is 4.74 Å². The predicted octanol–water partition coefficient (Wildman–Crippen LogP) is 4.41. The van der Waals surface area contributed by atoms with Crippen LogP contribution in [0.5, 0.6) is 5.75 Å². The fraction of sp³-hybridized carbons (Fsp3) is 0.565. The topological polar surface area (TPSA) is 54.5 Å². The normalized spacial score (nSPS) is 21.8. The molecule has 4 rings (SSSR count). The van der Waals surface area contributed by atoms with Crippen molar-refractivity contribution in [2.45, 2.75) is 51.1 Å². The fourth-order valence-electron chi connectivity index (χ4n) is 4.81. The van der Waals surface area contributed by atoms with Gasteiger partial charge in [0.05, 0.1) is 13.2 Å². The van der Waals surface area contributed by atoms with E-state index >= 15 is 0 Å². The van der Waals surface area contributed by atoms with Gasteiger partial charge in [-0.05, 0) is 44.2 Å². The van der Waals surface area contributed by atoms with E-state index in [1.165, 1.54) is 18.4 Å². The first-order chi connectivity index (χ1) is 14.2. The summed E-state index contributed by atoms with van der Waals surface area (Å²) in [5, 5.41) is 6.45. The van der Waals surface area contributed by atoms with Crippen molar-refractivity contribution in [2.75, 3.05) is 20.2 Å². The zero-order chi connectivity index (χ0) is 20.1. The van der Waals surface area contributed by atoms with E-state index in [0.717, 1.165) is 56.1 Å². The third-order valence-electron chi connectivity index (χ3n) is 6.34. The second kappa shape index (κ2) is 9.72. The van der Waals surface area contributed by atoms with Gasteiger partial charge in [0.25, 0.3) is 0 Å². The number of likely N-dealkylation sites (tertiary alicyclic amines) is 1. The molecule has 2 aromatic rings. The summed E-state index contributed by atoms with van der Waals surface area (Å²) in [6.45, 7) is 2.92. The number of carbonyl (C=O) groups excluding carboxylic acids is 1. The molecule has 29 heavy (non-hydrogen) atoms. The van der Waals surface area contributed by atoms with Gasteiger partial charge in [0.2, 0.25) is 5.91 Å². The molecule has 1 aliphatic carbocycles. The summed E-state index contributed by atoms with van der Waals surface area (Å²) < 4.78 is 5.54. The number of thiazole rings is 1. The first-order valence-electron chi connectivity index (χ1n) is 10.8. The standard InChI is InChI=1S/C23H31N3O2S/c1-28-20-11-5-4-9-18(20)15-26-13-6-10-19(16-26)21(23-24-12-14-29-23)25-22(27)17-7-2-3-8-17/h4-5,9,11-12,14,17,19,21H,2-3,6-8,10,13,15-16H2,1H3,(H,25,27)/t19-,21-/m1/s1. The molecule has 1 amide bonds. The number of piperidine rings is 1. The van der Waals surface area contributed by atoms with Gasteiger partial charge in [-0.3, -0.25) is 9.69 Å². The Morgan fingerprint density at radius 3 is 2.86 bits per heavy atom. The summed E-state index contributed by atoms with van der Waals surface area (Å²) in [6.07, 6.45) is 8.52. The van der Waals surface area contributed by atoms with Crippen LogP contribution in [0.1, 0.15) is 55.1 Å². The molecule has 2 aliphatic rings. The van der Waals surface area contributed by atoms with Crippen LogP contribution in [-0.4, -0.2) is 36.0 Å². The Bertz CT molecular complexity index is 789. The molecule has 2 heterocycles. The number of hydrogen-bond acceptors (Lipinski definition) is 5. The lowest BCUT2D eigenvalue weighted by atomic mass is 9.90. The van der Waals surface area contributed by atoms with Gasteiger partial charge in [0.15, 0.2) is 0 Å². The smallest absolute Gasteiger partial charge is 0.223 e. The number of carbonyl (C=O) groups is 1. The van der Waals surface area contributed by atoms with Crippen LogP contribution >= 0.6 is 11.3 Å². The van der Waals surface area contributed by atoms with Crippen LogP contribution < -0.4 is 10.1 Å². The summed E-state index contributed by atoms with van der Waals surface area (Å²) >= 11 is 1.66. The maximum Gasteiger partial charge on any atom is 0.223 e. The summed E-state index contributed by atoms with van der Waals surface area (Å²) in [7, 11) is 1.73. The number of para-hydroxylation sites is 1. The minimum absolute atomic E-state index is 0.0172. The number of benzene rings is 1. The Balaban J connectivity index is 1.46. The molecule has 0 radical (unpaired) electrons. The largest absolute Gasteiger partial charge is 0.496 e. The van der Waals surface area contributed by atoms with E-state index in [0.29, 0.717) is 5.92 Å². The number of nitrogens with zero attached hydrogens (tertiary/aromatic N) is 2. The molecule has 0 bridgehead atoms. The SMILES string of the molecule is COc1ccccc1CN1CCC[C@@H]([C@@H](NC(=O)C2CCCC2)c2nccs2)C1. The van der Waals surface area contributed by atoms with Gasteiger partial charge >= 0.3 is 0 Å². The third-order valence-corrected chi connectivity index (χ3v) is 7.20. The second-order valence-electron chi connectivity index (χ2n) is 8.29. The van der Waals surface area contributed by atoms with Crippen LogP contribution in [0.3, 0.4) is 0 Å². The molecular weight excluding hydrogens is 382 g/mol. The first kappa shape index (κ1) is 20.4. The molecule has 1 aromatic carbocycles. The number of methoxy groups -OCH3 is 1. The Morgan fingerprint density at radius 2 is 2.10 bits per heavy atom. The number of ether oxygens (including phenoxy) is 1. The van der Waals surface area contributed by atoms with Gasteiger partial charge in [-0.25, -0.2) is 4.98 Å². The van der Waals surface area contributed by atoms with Crippen LogP contribution in [0.15, 0.2) is 35.8 Å². The fourth-order valence-corrected chi connectivity index (χ4v) is 5.59. The number of nitrogens with one attached hydrogen (secondary N) is 1. The number of aromatic nitrogens is 1. The van der Waals surface area contributed by atoms with Gasteiger partial charge in [-0.1, -0.05) is 31.0 Å². The van der Waals surface area contributed by atoms with Crippen molar-refractivity contribution < 1.29 is 9.53 Å². The molecule has 5 nitrogen and oxygen atoms in total. The Hall–Kier alpha value is -1.92. The zero-order valence-corrected chi connectivity index (χ0v) is 18.0. The lowest BCUT2D eigenvalue weighted by Gasteiger charge is -2.37. The highest BCUT2D eigenvalue weighted by Crippen LogP contribution is 2.34. The van der Waals surface area contributed by atoms with Crippen LogP contribution in [0.2, 0.25) is 0 Å². The molecule has 0 unspecified atom stereocenters. The van der Waals surface area contributed by atoms with Crippen molar-refractivity contribution in [3.05, 3.63) is 46.4 Å².